The molecule has 0 aliphatic carbocycles. The fraction of sp³-hybridized carbons (Fsp3) is 0.200. The van der Waals surface area contributed by atoms with E-state index in [1.165, 1.54) is 18.2 Å². The van der Waals surface area contributed by atoms with Crippen LogP contribution < -0.4 is 4.72 Å². The van der Waals surface area contributed by atoms with E-state index in [0.29, 0.717) is 5.56 Å². The summed E-state index contributed by atoms with van der Waals surface area (Å²) in [7, 11) is -4.02. The van der Waals surface area contributed by atoms with Gasteiger partial charge in [-0.2, -0.15) is 4.72 Å². The van der Waals surface area contributed by atoms with Crippen LogP contribution in [0.25, 0.3) is 0 Å². The smallest absolute Gasteiger partial charge is 0.207 e. The molecule has 21 heavy (non-hydrogen) atoms. The highest BCUT2D eigenvalue weighted by atomic mass is 35.5. The fourth-order valence-electron chi connectivity index (χ4n) is 1.98. The van der Waals surface area contributed by atoms with Crippen molar-refractivity contribution in [3.63, 3.8) is 0 Å². The Balaban J connectivity index is 2.41. The van der Waals surface area contributed by atoms with Crippen LogP contribution in [0.5, 0.6) is 0 Å². The molecule has 0 heterocycles. The van der Waals surface area contributed by atoms with Crippen LogP contribution in [0.15, 0.2) is 59.5 Å². The summed E-state index contributed by atoms with van der Waals surface area (Å²) in [5, 5.41) is 0. The Morgan fingerprint density at radius 1 is 1.10 bits per heavy atom. The van der Waals surface area contributed by atoms with E-state index in [1.807, 2.05) is 6.07 Å². The van der Waals surface area contributed by atoms with Gasteiger partial charge in [0.2, 0.25) is 10.0 Å². The first-order valence-electron chi connectivity index (χ1n) is 6.29. The molecule has 0 amide bonds. The number of sulfonamides is 1. The highest BCUT2D eigenvalue weighted by molar-refractivity contribution is 7.89. The highest BCUT2D eigenvalue weighted by Gasteiger charge is 2.32. The monoisotopic (exact) mass is 327 g/mol. The minimum Gasteiger partial charge on any atom is -0.207 e. The minimum absolute atomic E-state index is 0.0185. The second-order valence-corrected chi connectivity index (χ2v) is 6.79. The third kappa shape index (κ3) is 3.43. The van der Waals surface area contributed by atoms with Crippen molar-refractivity contribution in [3.8, 4) is 0 Å². The van der Waals surface area contributed by atoms with Gasteiger partial charge in [0.1, 0.15) is 10.7 Å². The maximum absolute atomic E-state index is 13.7. The zero-order valence-electron chi connectivity index (χ0n) is 11.4. The molecule has 1 N–H and O–H groups in total. The predicted molar refractivity (Wildman–Crippen MR) is 81.2 cm³/mol. The number of nitrogens with one attached hydrogen (secondary N) is 1. The van der Waals surface area contributed by atoms with Crippen molar-refractivity contribution in [2.75, 3.05) is 5.88 Å². The Morgan fingerprint density at radius 2 is 1.67 bits per heavy atom. The second kappa shape index (κ2) is 6.13. The van der Waals surface area contributed by atoms with Crippen molar-refractivity contribution in [2.45, 2.75) is 17.4 Å². The molecule has 0 saturated carbocycles. The van der Waals surface area contributed by atoms with E-state index in [9.17, 15) is 12.8 Å². The van der Waals surface area contributed by atoms with Gasteiger partial charge in [-0.3, -0.25) is 0 Å². The molecule has 1 atom stereocenters. The molecule has 0 saturated heterocycles. The van der Waals surface area contributed by atoms with E-state index in [-0.39, 0.29) is 5.88 Å². The van der Waals surface area contributed by atoms with Crippen LogP contribution in [0.4, 0.5) is 4.39 Å². The normalized spacial score (nSPS) is 14.6. The van der Waals surface area contributed by atoms with Gasteiger partial charge >= 0.3 is 0 Å². The lowest BCUT2D eigenvalue weighted by molar-refractivity contribution is 0.473. The van der Waals surface area contributed by atoms with Gasteiger partial charge in [-0.15, -0.1) is 11.6 Å². The number of rotatable bonds is 5. The number of alkyl halides is 1. The topological polar surface area (TPSA) is 46.2 Å². The van der Waals surface area contributed by atoms with Crippen molar-refractivity contribution in [3.05, 3.63) is 66.0 Å². The van der Waals surface area contributed by atoms with Crippen LogP contribution >= 0.6 is 11.6 Å². The van der Waals surface area contributed by atoms with Crippen molar-refractivity contribution in [1.29, 1.82) is 0 Å². The van der Waals surface area contributed by atoms with Gasteiger partial charge in [-0.05, 0) is 24.6 Å². The van der Waals surface area contributed by atoms with Gasteiger partial charge in [-0.1, -0.05) is 42.5 Å². The molecule has 0 spiro atoms. The van der Waals surface area contributed by atoms with Gasteiger partial charge in [-0.25, -0.2) is 12.8 Å². The molecule has 1 unspecified atom stereocenters. The molecule has 2 aromatic rings. The lowest BCUT2D eigenvalue weighted by Gasteiger charge is -2.29. The maximum Gasteiger partial charge on any atom is 0.244 e. The molecule has 0 bridgehead atoms. The molecule has 6 heteroatoms. The van der Waals surface area contributed by atoms with E-state index < -0.39 is 26.3 Å². The molecule has 2 aromatic carbocycles. The molecule has 0 aliphatic rings. The Bertz CT molecular complexity index is 721. The first kappa shape index (κ1) is 15.9. The molecule has 0 fully saturated rings. The third-order valence-electron chi connectivity index (χ3n) is 3.16. The van der Waals surface area contributed by atoms with Crippen molar-refractivity contribution in [1.82, 2.24) is 4.72 Å². The molecule has 3 nitrogen and oxygen atoms in total. The van der Waals surface area contributed by atoms with Crippen LogP contribution in [0.2, 0.25) is 0 Å². The second-order valence-electron chi connectivity index (χ2n) is 4.87. The molecule has 0 aromatic heterocycles. The summed E-state index contributed by atoms with van der Waals surface area (Å²) in [6.07, 6.45) is 0. The van der Waals surface area contributed by atoms with Gasteiger partial charge in [0.25, 0.3) is 0 Å². The Kier molecular flexibility index (Phi) is 4.66. The summed E-state index contributed by atoms with van der Waals surface area (Å²) in [6.45, 7) is 1.66. The Labute approximate surface area is 128 Å². The molecular weight excluding hydrogens is 313 g/mol. The molecule has 0 aliphatic heterocycles. The number of benzene rings is 2. The quantitative estimate of drug-likeness (QED) is 0.857. The average molecular weight is 328 g/mol. The standard InChI is InChI=1S/C15H15ClFNO2S/c1-15(11-16,12-7-3-2-4-8-12)18-21(19,20)14-10-6-5-9-13(14)17/h2-10,18H,11H2,1H3. The van der Waals surface area contributed by atoms with Crippen molar-refractivity contribution >= 4 is 21.6 Å². The fourth-order valence-corrected chi connectivity index (χ4v) is 3.76. The number of hydrogen-bond donors (Lipinski definition) is 1. The first-order chi connectivity index (χ1) is 9.89. The van der Waals surface area contributed by atoms with Gasteiger partial charge < -0.3 is 0 Å². The summed E-state index contributed by atoms with van der Waals surface area (Å²) in [4.78, 5) is -0.391. The summed E-state index contributed by atoms with van der Waals surface area (Å²) < 4.78 is 41.0. The van der Waals surface area contributed by atoms with Gasteiger partial charge in [0.15, 0.2) is 0 Å². The van der Waals surface area contributed by atoms with Crippen LogP contribution in [-0.4, -0.2) is 14.3 Å². The highest BCUT2D eigenvalue weighted by Crippen LogP contribution is 2.25. The van der Waals surface area contributed by atoms with E-state index in [1.54, 1.807) is 31.2 Å². The summed E-state index contributed by atoms with van der Waals surface area (Å²) >= 11 is 5.96. The summed E-state index contributed by atoms with van der Waals surface area (Å²) in [5.41, 5.74) is -0.316. The van der Waals surface area contributed by atoms with Crippen LogP contribution in [0.1, 0.15) is 12.5 Å². The van der Waals surface area contributed by atoms with E-state index in [2.05, 4.69) is 4.72 Å². The Morgan fingerprint density at radius 3 is 2.24 bits per heavy atom. The van der Waals surface area contributed by atoms with E-state index >= 15 is 0 Å². The zero-order valence-corrected chi connectivity index (χ0v) is 13.0. The van der Waals surface area contributed by atoms with Crippen LogP contribution in [0.3, 0.4) is 0 Å². The number of hydrogen-bond acceptors (Lipinski definition) is 2. The predicted octanol–water partition coefficient (Wildman–Crippen LogP) is 3.26. The largest absolute Gasteiger partial charge is 0.244 e. The van der Waals surface area contributed by atoms with E-state index in [4.69, 9.17) is 11.6 Å². The van der Waals surface area contributed by atoms with Crippen molar-refractivity contribution < 1.29 is 12.8 Å². The lowest BCUT2D eigenvalue weighted by atomic mass is 9.96. The molecule has 112 valence electrons. The van der Waals surface area contributed by atoms with Crippen LogP contribution in [0, 0.1) is 5.82 Å². The SMILES string of the molecule is CC(CCl)(NS(=O)(=O)c1ccccc1F)c1ccccc1. The maximum atomic E-state index is 13.7. The zero-order chi connectivity index (χ0) is 15.5. The molecule has 2 rings (SSSR count). The summed E-state index contributed by atoms with van der Waals surface area (Å²) in [6, 6.07) is 14.2. The number of halogens is 2. The average Bonchev–Trinajstić information content (AvgIpc) is 2.48. The summed E-state index contributed by atoms with van der Waals surface area (Å²) in [5.74, 6) is -0.778. The minimum atomic E-state index is -4.02. The molecule has 0 radical (unpaired) electrons. The van der Waals surface area contributed by atoms with Crippen molar-refractivity contribution in [2.24, 2.45) is 0 Å². The Hall–Kier alpha value is -1.43. The third-order valence-corrected chi connectivity index (χ3v) is 5.33. The van der Waals surface area contributed by atoms with E-state index in [0.717, 1.165) is 6.07 Å². The molecular formula is C15H15ClFNO2S. The van der Waals surface area contributed by atoms with Crippen LogP contribution in [-0.2, 0) is 15.6 Å². The van der Waals surface area contributed by atoms with Gasteiger partial charge in [0, 0.05) is 5.88 Å². The first-order valence-corrected chi connectivity index (χ1v) is 8.31. The van der Waals surface area contributed by atoms with Gasteiger partial charge in [0.05, 0.1) is 5.54 Å². The lowest BCUT2D eigenvalue weighted by Crippen LogP contribution is -2.45.